The fourth-order valence-electron chi connectivity index (χ4n) is 3.69. The molecular weight excluding hydrogens is 354 g/mol. The summed E-state index contributed by atoms with van der Waals surface area (Å²) in [4.78, 5) is 9.05. The lowest BCUT2D eigenvalue weighted by Crippen LogP contribution is -2.19. The topological polar surface area (TPSA) is 111 Å². The molecule has 0 amide bonds. The fourth-order valence-corrected chi connectivity index (χ4v) is 3.69. The van der Waals surface area contributed by atoms with E-state index < -0.39 is 0 Å². The number of benzene rings is 1. The van der Waals surface area contributed by atoms with Gasteiger partial charge in [0.2, 0.25) is 0 Å². The van der Waals surface area contributed by atoms with Gasteiger partial charge in [0.25, 0.3) is 0 Å². The van der Waals surface area contributed by atoms with E-state index in [0.29, 0.717) is 24.6 Å². The van der Waals surface area contributed by atoms with Gasteiger partial charge in [-0.2, -0.15) is 5.10 Å². The van der Waals surface area contributed by atoms with Crippen molar-refractivity contribution in [3.05, 3.63) is 59.7 Å². The number of aryl methyl sites for hydroxylation is 1. The largest absolute Gasteiger partial charge is 0.384 e. The molecule has 4 heterocycles. The van der Waals surface area contributed by atoms with Gasteiger partial charge in [-0.25, -0.2) is 9.97 Å². The van der Waals surface area contributed by atoms with E-state index in [-0.39, 0.29) is 0 Å². The van der Waals surface area contributed by atoms with Crippen LogP contribution in [0.15, 0.2) is 42.7 Å². The first-order chi connectivity index (χ1) is 13.7. The Morgan fingerprint density at radius 1 is 1.14 bits per heavy atom. The Bertz CT molecular complexity index is 1160. The Kier molecular flexibility index (Phi) is 3.87. The quantitative estimate of drug-likeness (QED) is 0.423. The van der Waals surface area contributed by atoms with E-state index >= 15 is 0 Å². The van der Waals surface area contributed by atoms with Crippen LogP contribution in [0, 0.1) is 0 Å². The third-order valence-electron chi connectivity index (χ3n) is 4.92. The van der Waals surface area contributed by atoms with Gasteiger partial charge in [-0.15, -0.1) is 5.53 Å². The van der Waals surface area contributed by atoms with Crippen LogP contribution in [0.1, 0.15) is 23.9 Å². The highest BCUT2D eigenvalue weighted by Gasteiger charge is 2.17. The van der Waals surface area contributed by atoms with Crippen LogP contribution in [0.5, 0.6) is 0 Å². The average molecular weight is 375 g/mol. The molecule has 5 N–H and O–H groups in total. The molecule has 1 aromatic carbocycles. The number of nitrogens with one attached hydrogen (secondary N) is 3. The fraction of sp³-hybridized carbons (Fsp3) is 0.211. The number of imidazole rings is 1. The summed E-state index contributed by atoms with van der Waals surface area (Å²) in [5.41, 5.74) is 20.0. The Morgan fingerprint density at radius 2 is 2.04 bits per heavy atom. The number of hydrazine groups is 2. The van der Waals surface area contributed by atoms with E-state index in [0.717, 1.165) is 40.2 Å². The summed E-state index contributed by atoms with van der Waals surface area (Å²) in [7, 11) is 0. The Morgan fingerprint density at radius 3 is 2.93 bits per heavy atom. The minimum atomic E-state index is 0.482. The Hall–Kier alpha value is -3.59. The highest BCUT2D eigenvalue weighted by molar-refractivity contribution is 5.76. The summed E-state index contributed by atoms with van der Waals surface area (Å²) >= 11 is 0. The summed E-state index contributed by atoms with van der Waals surface area (Å²) in [6.07, 6.45) is 4.64. The predicted molar refractivity (Wildman–Crippen MR) is 109 cm³/mol. The van der Waals surface area contributed by atoms with E-state index in [4.69, 9.17) is 10.7 Å². The van der Waals surface area contributed by atoms with Gasteiger partial charge in [0.05, 0.1) is 29.5 Å². The molecule has 5 rings (SSSR count). The molecule has 28 heavy (non-hydrogen) atoms. The summed E-state index contributed by atoms with van der Waals surface area (Å²) in [6, 6.07) is 10.1. The lowest BCUT2D eigenvalue weighted by molar-refractivity contribution is 0.614. The molecule has 0 saturated heterocycles. The van der Waals surface area contributed by atoms with Crippen LogP contribution in [-0.4, -0.2) is 24.3 Å². The number of rotatable bonds is 5. The molecule has 3 aromatic heterocycles. The van der Waals surface area contributed by atoms with E-state index in [1.165, 1.54) is 0 Å². The third-order valence-corrected chi connectivity index (χ3v) is 4.92. The molecule has 0 bridgehead atoms. The van der Waals surface area contributed by atoms with E-state index in [1.54, 1.807) is 0 Å². The van der Waals surface area contributed by atoms with Crippen molar-refractivity contribution < 1.29 is 0 Å². The van der Waals surface area contributed by atoms with Gasteiger partial charge >= 0.3 is 0 Å². The highest BCUT2D eigenvalue weighted by Crippen LogP contribution is 2.30. The summed E-state index contributed by atoms with van der Waals surface area (Å²) in [5, 5.41) is 4.53. The molecule has 0 spiro atoms. The second-order valence-electron chi connectivity index (χ2n) is 6.79. The van der Waals surface area contributed by atoms with Gasteiger partial charge in [-0.3, -0.25) is 10.1 Å². The maximum atomic E-state index is 5.92. The maximum Gasteiger partial charge on any atom is 0.169 e. The summed E-state index contributed by atoms with van der Waals surface area (Å²) in [5.74, 6) is 2.19. The number of aromatic nitrogens is 5. The Labute approximate surface area is 161 Å². The van der Waals surface area contributed by atoms with Crippen LogP contribution < -0.4 is 22.1 Å². The monoisotopic (exact) mass is 375 g/mol. The molecule has 0 aliphatic carbocycles. The van der Waals surface area contributed by atoms with Gasteiger partial charge in [0, 0.05) is 19.2 Å². The van der Waals surface area contributed by atoms with E-state index in [2.05, 4.69) is 50.2 Å². The van der Waals surface area contributed by atoms with Crippen molar-refractivity contribution in [3.8, 4) is 0 Å². The number of hydrogen-bond acceptors (Lipinski definition) is 7. The molecular formula is C19H21N9. The number of hydrogen-bond donors (Lipinski definition) is 4. The molecule has 0 unspecified atom stereocenters. The molecule has 1 aliphatic heterocycles. The maximum absolute atomic E-state index is 5.92. The van der Waals surface area contributed by atoms with Gasteiger partial charge in [0.1, 0.15) is 11.6 Å². The molecule has 0 saturated carbocycles. The number of fused-ring (bicyclic) bond motifs is 2. The SMILES string of the molecule is CCn1c(Cn2cc(Cc3cc(N)nc4c3NNN4)cn2)nc2ccccc21. The van der Waals surface area contributed by atoms with Crippen molar-refractivity contribution in [1.82, 2.24) is 29.9 Å². The van der Waals surface area contributed by atoms with E-state index in [9.17, 15) is 0 Å². The Balaban J connectivity index is 1.41. The number of pyridine rings is 1. The van der Waals surface area contributed by atoms with Crippen LogP contribution in [0.3, 0.4) is 0 Å². The lowest BCUT2D eigenvalue weighted by Gasteiger charge is -2.07. The van der Waals surface area contributed by atoms with Crippen molar-refractivity contribution in [2.24, 2.45) is 0 Å². The minimum absolute atomic E-state index is 0.482. The highest BCUT2D eigenvalue weighted by atomic mass is 15.6. The van der Waals surface area contributed by atoms with Crippen LogP contribution >= 0.6 is 0 Å². The zero-order chi connectivity index (χ0) is 19.1. The second kappa shape index (κ2) is 6.54. The molecule has 0 radical (unpaired) electrons. The second-order valence-corrected chi connectivity index (χ2v) is 6.79. The zero-order valence-electron chi connectivity index (χ0n) is 15.5. The van der Waals surface area contributed by atoms with Crippen molar-refractivity contribution in [3.63, 3.8) is 0 Å². The lowest BCUT2D eigenvalue weighted by atomic mass is 10.1. The zero-order valence-corrected chi connectivity index (χ0v) is 15.5. The number of nitrogen functional groups attached to an aromatic ring is 1. The summed E-state index contributed by atoms with van der Waals surface area (Å²) in [6.45, 7) is 3.63. The molecule has 142 valence electrons. The first kappa shape index (κ1) is 16.6. The first-order valence-corrected chi connectivity index (χ1v) is 9.23. The van der Waals surface area contributed by atoms with E-state index in [1.807, 2.05) is 35.1 Å². The van der Waals surface area contributed by atoms with Gasteiger partial charge < -0.3 is 15.7 Å². The van der Waals surface area contributed by atoms with Crippen molar-refractivity contribution >= 4 is 28.4 Å². The molecule has 0 atom stereocenters. The summed E-state index contributed by atoms with van der Waals surface area (Å²) < 4.78 is 4.16. The normalized spacial score (nSPS) is 12.8. The minimum Gasteiger partial charge on any atom is -0.384 e. The number of nitrogens with two attached hydrogens (primary N) is 1. The number of anilines is 3. The predicted octanol–water partition coefficient (Wildman–Crippen LogP) is 2.13. The standard InChI is InChI=1S/C19H21N9/c1-2-28-15-6-4-3-5-14(15)22-17(28)11-27-10-12(9-21-27)7-13-8-16(20)23-19-18(13)24-26-25-19/h3-6,8-10,24,26H,2,7,11H2,1H3,(H3,20,23,25). The van der Waals surface area contributed by atoms with Gasteiger partial charge in [-0.1, -0.05) is 12.1 Å². The third kappa shape index (κ3) is 2.81. The van der Waals surface area contributed by atoms with Crippen molar-refractivity contribution in [2.45, 2.75) is 26.4 Å². The molecule has 0 fully saturated rings. The smallest absolute Gasteiger partial charge is 0.169 e. The number of nitrogens with zero attached hydrogens (tertiary/aromatic N) is 5. The van der Waals surface area contributed by atoms with Crippen LogP contribution in [0.4, 0.5) is 17.3 Å². The van der Waals surface area contributed by atoms with Crippen molar-refractivity contribution in [1.29, 1.82) is 0 Å². The van der Waals surface area contributed by atoms with Crippen LogP contribution in [-0.2, 0) is 19.5 Å². The van der Waals surface area contributed by atoms with Crippen molar-refractivity contribution in [2.75, 3.05) is 16.6 Å². The average Bonchev–Trinajstić information content (AvgIpc) is 3.40. The van der Waals surface area contributed by atoms with Gasteiger partial charge in [0.15, 0.2) is 5.82 Å². The molecule has 9 nitrogen and oxygen atoms in total. The van der Waals surface area contributed by atoms with Crippen LogP contribution in [0.2, 0.25) is 0 Å². The molecule has 9 heteroatoms. The number of para-hydroxylation sites is 2. The first-order valence-electron chi connectivity index (χ1n) is 9.23. The van der Waals surface area contributed by atoms with Crippen LogP contribution in [0.25, 0.3) is 11.0 Å². The van der Waals surface area contributed by atoms with Gasteiger partial charge in [-0.05, 0) is 36.2 Å². The molecule has 1 aliphatic rings. The molecule has 4 aromatic rings.